The Morgan fingerprint density at radius 1 is 1.29 bits per heavy atom. The standard InChI is InChI=1S/C13H20ClNO2/c1-3-13(8-16,9-17)15-7-11-5-4-10(2)12(14)6-11/h4-6,15-17H,3,7-9H2,1-2H3. The van der Waals surface area contributed by atoms with Crippen LogP contribution in [0.4, 0.5) is 0 Å². The van der Waals surface area contributed by atoms with Gasteiger partial charge in [-0.2, -0.15) is 0 Å². The lowest BCUT2D eigenvalue weighted by atomic mass is 9.98. The summed E-state index contributed by atoms with van der Waals surface area (Å²) in [4.78, 5) is 0. The molecule has 0 atom stereocenters. The first-order valence-electron chi connectivity index (χ1n) is 5.78. The average Bonchev–Trinajstić information content (AvgIpc) is 2.36. The number of aryl methyl sites for hydroxylation is 1. The summed E-state index contributed by atoms with van der Waals surface area (Å²) in [5.74, 6) is 0. The quantitative estimate of drug-likeness (QED) is 0.729. The number of halogens is 1. The monoisotopic (exact) mass is 257 g/mol. The molecule has 0 fully saturated rings. The van der Waals surface area contributed by atoms with E-state index in [1.807, 2.05) is 32.0 Å². The van der Waals surface area contributed by atoms with E-state index in [1.165, 1.54) is 0 Å². The fraction of sp³-hybridized carbons (Fsp3) is 0.538. The summed E-state index contributed by atoms with van der Waals surface area (Å²) in [6, 6.07) is 5.85. The predicted octanol–water partition coefficient (Wildman–Crippen LogP) is 1.87. The third kappa shape index (κ3) is 3.68. The molecule has 0 spiro atoms. The molecule has 0 unspecified atom stereocenters. The van der Waals surface area contributed by atoms with Crippen LogP contribution in [-0.2, 0) is 6.54 Å². The van der Waals surface area contributed by atoms with Gasteiger partial charge in [-0.1, -0.05) is 30.7 Å². The predicted molar refractivity (Wildman–Crippen MR) is 70.2 cm³/mol. The van der Waals surface area contributed by atoms with Crippen LogP contribution in [0.25, 0.3) is 0 Å². The van der Waals surface area contributed by atoms with Crippen LogP contribution in [-0.4, -0.2) is 29.0 Å². The number of aliphatic hydroxyl groups excluding tert-OH is 2. The van der Waals surface area contributed by atoms with Crippen LogP contribution in [0.5, 0.6) is 0 Å². The first-order valence-corrected chi connectivity index (χ1v) is 6.16. The van der Waals surface area contributed by atoms with Gasteiger partial charge in [-0.25, -0.2) is 0 Å². The Bertz CT molecular complexity index is 356. The van der Waals surface area contributed by atoms with Crippen molar-refractivity contribution in [3.05, 3.63) is 34.3 Å². The van der Waals surface area contributed by atoms with E-state index in [4.69, 9.17) is 11.6 Å². The van der Waals surface area contributed by atoms with E-state index in [0.717, 1.165) is 16.1 Å². The van der Waals surface area contributed by atoms with E-state index in [0.29, 0.717) is 13.0 Å². The molecule has 3 N–H and O–H groups in total. The Kier molecular flexibility index (Phi) is 5.40. The molecule has 1 rings (SSSR count). The molecule has 17 heavy (non-hydrogen) atoms. The lowest BCUT2D eigenvalue weighted by molar-refractivity contribution is 0.0864. The zero-order valence-corrected chi connectivity index (χ0v) is 11.1. The molecule has 0 radical (unpaired) electrons. The van der Waals surface area contributed by atoms with Gasteiger partial charge in [0.05, 0.1) is 18.8 Å². The zero-order valence-electron chi connectivity index (χ0n) is 10.3. The normalized spacial score (nSPS) is 11.8. The summed E-state index contributed by atoms with van der Waals surface area (Å²) in [6.07, 6.45) is 0.666. The van der Waals surface area contributed by atoms with Crippen molar-refractivity contribution in [2.45, 2.75) is 32.4 Å². The van der Waals surface area contributed by atoms with Crippen molar-refractivity contribution in [1.29, 1.82) is 0 Å². The molecule has 96 valence electrons. The summed E-state index contributed by atoms with van der Waals surface area (Å²) in [7, 11) is 0. The minimum absolute atomic E-state index is 0.0837. The molecule has 0 aromatic heterocycles. The second kappa shape index (κ2) is 6.36. The summed E-state index contributed by atoms with van der Waals surface area (Å²) < 4.78 is 0. The molecule has 0 amide bonds. The van der Waals surface area contributed by atoms with Crippen LogP contribution < -0.4 is 5.32 Å². The molecule has 1 aromatic rings. The third-order valence-electron chi connectivity index (χ3n) is 3.19. The Hall–Kier alpha value is -0.610. The van der Waals surface area contributed by atoms with Gasteiger partial charge in [-0.05, 0) is 30.5 Å². The molecular weight excluding hydrogens is 238 g/mol. The zero-order chi connectivity index (χ0) is 12.9. The van der Waals surface area contributed by atoms with Crippen LogP contribution in [0.1, 0.15) is 24.5 Å². The van der Waals surface area contributed by atoms with Gasteiger partial charge >= 0.3 is 0 Å². The van der Waals surface area contributed by atoms with Crippen LogP contribution in [0.2, 0.25) is 5.02 Å². The second-order valence-corrected chi connectivity index (χ2v) is 4.79. The maximum absolute atomic E-state index is 9.30. The Morgan fingerprint density at radius 3 is 2.41 bits per heavy atom. The fourth-order valence-corrected chi connectivity index (χ4v) is 1.75. The highest BCUT2D eigenvalue weighted by atomic mass is 35.5. The van der Waals surface area contributed by atoms with Gasteiger partial charge in [0.15, 0.2) is 0 Å². The molecule has 0 aliphatic rings. The molecule has 0 saturated carbocycles. The van der Waals surface area contributed by atoms with Crippen LogP contribution in [0.15, 0.2) is 18.2 Å². The van der Waals surface area contributed by atoms with E-state index >= 15 is 0 Å². The number of benzene rings is 1. The first kappa shape index (κ1) is 14.5. The van der Waals surface area contributed by atoms with Gasteiger partial charge in [0.1, 0.15) is 0 Å². The van der Waals surface area contributed by atoms with E-state index in [1.54, 1.807) is 0 Å². The molecule has 1 aromatic carbocycles. The lowest BCUT2D eigenvalue weighted by Crippen LogP contribution is -2.50. The SMILES string of the molecule is CCC(CO)(CO)NCc1ccc(C)c(Cl)c1. The number of rotatable bonds is 6. The van der Waals surface area contributed by atoms with Crippen molar-refractivity contribution >= 4 is 11.6 Å². The van der Waals surface area contributed by atoms with Gasteiger partial charge in [0, 0.05) is 11.6 Å². The molecule has 0 aliphatic heterocycles. The molecule has 0 saturated heterocycles. The largest absolute Gasteiger partial charge is 0.394 e. The highest BCUT2D eigenvalue weighted by molar-refractivity contribution is 6.31. The van der Waals surface area contributed by atoms with Crippen molar-refractivity contribution < 1.29 is 10.2 Å². The third-order valence-corrected chi connectivity index (χ3v) is 3.59. The summed E-state index contributed by atoms with van der Waals surface area (Å²) in [5.41, 5.74) is 1.47. The highest BCUT2D eigenvalue weighted by Gasteiger charge is 2.25. The number of hydrogen-bond donors (Lipinski definition) is 3. The van der Waals surface area contributed by atoms with Crippen molar-refractivity contribution in [1.82, 2.24) is 5.32 Å². The lowest BCUT2D eigenvalue weighted by Gasteiger charge is -2.30. The van der Waals surface area contributed by atoms with E-state index < -0.39 is 5.54 Å². The van der Waals surface area contributed by atoms with Gasteiger partial charge in [0.25, 0.3) is 0 Å². The molecule has 3 nitrogen and oxygen atoms in total. The summed E-state index contributed by atoms with van der Waals surface area (Å²) >= 11 is 6.04. The summed E-state index contributed by atoms with van der Waals surface area (Å²) in [6.45, 7) is 4.30. The van der Waals surface area contributed by atoms with Gasteiger partial charge in [0.2, 0.25) is 0 Å². The maximum atomic E-state index is 9.30. The van der Waals surface area contributed by atoms with Gasteiger partial charge in [-0.15, -0.1) is 0 Å². The average molecular weight is 258 g/mol. The van der Waals surface area contributed by atoms with Crippen LogP contribution >= 0.6 is 11.6 Å². The maximum Gasteiger partial charge on any atom is 0.0648 e. The summed E-state index contributed by atoms with van der Waals surface area (Å²) in [5, 5.41) is 22.5. The minimum Gasteiger partial charge on any atom is -0.394 e. The molecule has 0 bridgehead atoms. The minimum atomic E-state index is -0.614. The number of aliphatic hydroxyl groups is 2. The van der Waals surface area contributed by atoms with Crippen LogP contribution in [0, 0.1) is 6.92 Å². The highest BCUT2D eigenvalue weighted by Crippen LogP contribution is 2.17. The van der Waals surface area contributed by atoms with Crippen LogP contribution in [0.3, 0.4) is 0 Å². The van der Waals surface area contributed by atoms with E-state index in [9.17, 15) is 10.2 Å². The van der Waals surface area contributed by atoms with E-state index in [-0.39, 0.29) is 13.2 Å². The van der Waals surface area contributed by atoms with Crippen molar-refractivity contribution in [3.63, 3.8) is 0 Å². The molecule has 0 aliphatic carbocycles. The Balaban J connectivity index is 2.68. The molecular formula is C13H20ClNO2. The van der Waals surface area contributed by atoms with Gasteiger partial charge < -0.3 is 15.5 Å². The molecule has 0 heterocycles. The van der Waals surface area contributed by atoms with E-state index in [2.05, 4.69) is 5.32 Å². The fourth-order valence-electron chi connectivity index (χ4n) is 1.55. The van der Waals surface area contributed by atoms with Crippen molar-refractivity contribution in [2.75, 3.05) is 13.2 Å². The smallest absolute Gasteiger partial charge is 0.0648 e. The van der Waals surface area contributed by atoms with Crippen molar-refractivity contribution in [2.24, 2.45) is 0 Å². The molecule has 4 heteroatoms. The first-order chi connectivity index (χ1) is 8.06. The van der Waals surface area contributed by atoms with Crippen molar-refractivity contribution in [3.8, 4) is 0 Å². The number of nitrogens with one attached hydrogen (secondary N) is 1. The Labute approximate surface area is 107 Å². The second-order valence-electron chi connectivity index (χ2n) is 4.39. The topological polar surface area (TPSA) is 52.5 Å². The Morgan fingerprint density at radius 2 is 1.94 bits per heavy atom. The number of hydrogen-bond acceptors (Lipinski definition) is 3. The van der Waals surface area contributed by atoms with Gasteiger partial charge in [-0.3, -0.25) is 0 Å².